The van der Waals surface area contributed by atoms with Crippen LogP contribution in [0.1, 0.15) is 12.6 Å². The summed E-state index contributed by atoms with van der Waals surface area (Å²) in [6.45, 7) is 4.54. The van der Waals surface area contributed by atoms with Gasteiger partial charge >= 0.3 is 0 Å². The standard InChI is InChI=1S/C15H22N4S.HI/c1-3-16-15(17-8-9-20-2)18-11-13-10-12-6-4-5-7-14(12)19-13;/h4-7,10,19H,3,8-9,11H2,1-2H3,(H2,16,17,18);1H. The zero-order chi connectivity index (χ0) is 14.2. The molecule has 1 aromatic carbocycles. The molecule has 21 heavy (non-hydrogen) atoms. The number of thioether (sulfide) groups is 1. The third kappa shape index (κ3) is 5.78. The third-order valence-corrected chi connectivity index (χ3v) is 3.55. The Kier molecular flexibility index (Phi) is 8.60. The fourth-order valence-corrected chi connectivity index (χ4v) is 2.30. The maximum atomic E-state index is 4.60. The van der Waals surface area contributed by atoms with E-state index in [0.29, 0.717) is 6.54 Å². The summed E-state index contributed by atoms with van der Waals surface area (Å²) in [6.07, 6.45) is 2.11. The van der Waals surface area contributed by atoms with Crippen LogP contribution in [0.15, 0.2) is 35.3 Å². The van der Waals surface area contributed by atoms with E-state index in [4.69, 9.17) is 0 Å². The highest BCUT2D eigenvalue weighted by Crippen LogP contribution is 2.14. The number of nitrogens with one attached hydrogen (secondary N) is 3. The number of para-hydroxylation sites is 1. The number of hydrogen-bond acceptors (Lipinski definition) is 2. The second kappa shape index (κ2) is 9.94. The molecule has 0 aliphatic heterocycles. The van der Waals surface area contributed by atoms with Crippen molar-refractivity contribution in [1.82, 2.24) is 15.6 Å². The van der Waals surface area contributed by atoms with Crippen LogP contribution >= 0.6 is 35.7 Å². The zero-order valence-corrected chi connectivity index (χ0v) is 15.6. The van der Waals surface area contributed by atoms with Crippen LogP contribution in [0.4, 0.5) is 0 Å². The van der Waals surface area contributed by atoms with E-state index in [-0.39, 0.29) is 24.0 Å². The van der Waals surface area contributed by atoms with E-state index in [9.17, 15) is 0 Å². The van der Waals surface area contributed by atoms with Gasteiger partial charge in [0, 0.05) is 30.1 Å². The Morgan fingerprint density at radius 1 is 1.29 bits per heavy atom. The largest absolute Gasteiger partial charge is 0.357 e. The van der Waals surface area contributed by atoms with E-state index in [1.807, 2.05) is 17.8 Å². The van der Waals surface area contributed by atoms with Gasteiger partial charge < -0.3 is 15.6 Å². The summed E-state index contributed by atoms with van der Waals surface area (Å²) in [6, 6.07) is 10.5. The van der Waals surface area contributed by atoms with Crippen LogP contribution in [0.2, 0.25) is 0 Å². The van der Waals surface area contributed by atoms with Gasteiger partial charge in [0.25, 0.3) is 0 Å². The Hall–Kier alpha value is -0.890. The van der Waals surface area contributed by atoms with Gasteiger partial charge in [0.05, 0.1) is 6.54 Å². The van der Waals surface area contributed by atoms with Crippen LogP contribution in [0, 0.1) is 0 Å². The van der Waals surface area contributed by atoms with Crippen molar-refractivity contribution in [2.75, 3.05) is 25.1 Å². The van der Waals surface area contributed by atoms with Crippen LogP contribution in [0.5, 0.6) is 0 Å². The van der Waals surface area contributed by atoms with E-state index in [2.05, 4.69) is 58.1 Å². The molecule has 116 valence electrons. The first-order valence-corrected chi connectivity index (χ1v) is 8.30. The number of rotatable bonds is 6. The summed E-state index contributed by atoms with van der Waals surface area (Å²) in [7, 11) is 0. The van der Waals surface area contributed by atoms with Gasteiger partial charge in [-0.1, -0.05) is 18.2 Å². The number of H-pyrrole nitrogens is 1. The van der Waals surface area contributed by atoms with Crippen molar-refractivity contribution in [3.05, 3.63) is 36.0 Å². The number of halogens is 1. The number of benzene rings is 1. The molecular weight excluding hydrogens is 395 g/mol. The molecule has 0 saturated heterocycles. The lowest BCUT2D eigenvalue weighted by atomic mass is 10.2. The van der Waals surface area contributed by atoms with E-state index in [1.54, 1.807) is 0 Å². The van der Waals surface area contributed by atoms with Crippen LogP contribution < -0.4 is 10.6 Å². The maximum absolute atomic E-state index is 4.60. The van der Waals surface area contributed by atoms with Crippen LogP contribution in [0.3, 0.4) is 0 Å². The SMILES string of the molecule is CCNC(=NCc1cc2ccccc2[nH]1)NCCSC.I. The van der Waals surface area contributed by atoms with Crippen molar-refractivity contribution in [2.24, 2.45) is 4.99 Å². The van der Waals surface area contributed by atoms with Gasteiger partial charge in [0.1, 0.15) is 0 Å². The average Bonchev–Trinajstić information content (AvgIpc) is 2.87. The van der Waals surface area contributed by atoms with Crippen LogP contribution in [-0.2, 0) is 6.54 Å². The van der Waals surface area contributed by atoms with Gasteiger partial charge in [-0.2, -0.15) is 11.8 Å². The molecule has 1 aromatic heterocycles. The summed E-state index contributed by atoms with van der Waals surface area (Å²) >= 11 is 1.83. The Labute approximate surface area is 147 Å². The molecule has 0 aliphatic carbocycles. The number of aromatic nitrogens is 1. The molecule has 0 atom stereocenters. The molecule has 0 spiro atoms. The third-order valence-electron chi connectivity index (χ3n) is 2.94. The summed E-state index contributed by atoms with van der Waals surface area (Å²) in [4.78, 5) is 8.00. The van der Waals surface area contributed by atoms with Crippen LogP contribution in [-0.4, -0.2) is 36.0 Å². The van der Waals surface area contributed by atoms with Crippen LogP contribution in [0.25, 0.3) is 10.9 Å². The predicted molar refractivity (Wildman–Crippen MR) is 105 cm³/mol. The fourth-order valence-electron chi connectivity index (χ4n) is 2.00. The molecule has 0 radical (unpaired) electrons. The van der Waals surface area contributed by atoms with E-state index in [1.165, 1.54) is 5.39 Å². The zero-order valence-electron chi connectivity index (χ0n) is 12.5. The van der Waals surface area contributed by atoms with Gasteiger partial charge in [0.15, 0.2) is 5.96 Å². The first-order chi connectivity index (χ1) is 9.83. The van der Waals surface area contributed by atoms with Gasteiger partial charge in [-0.15, -0.1) is 24.0 Å². The molecule has 3 N–H and O–H groups in total. The number of nitrogens with zero attached hydrogens (tertiary/aromatic N) is 1. The molecule has 0 aliphatic rings. The molecule has 0 fully saturated rings. The van der Waals surface area contributed by atoms with Gasteiger partial charge in [-0.05, 0) is 30.7 Å². The van der Waals surface area contributed by atoms with E-state index < -0.39 is 0 Å². The Morgan fingerprint density at radius 2 is 2.10 bits per heavy atom. The number of hydrogen-bond donors (Lipinski definition) is 3. The van der Waals surface area contributed by atoms with Crippen molar-refractivity contribution in [1.29, 1.82) is 0 Å². The second-order valence-corrected chi connectivity index (χ2v) is 5.48. The minimum absolute atomic E-state index is 0. The number of guanidine groups is 1. The smallest absolute Gasteiger partial charge is 0.191 e. The lowest BCUT2D eigenvalue weighted by Crippen LogP contribution is -2.38. The molecule has 2 aromatic rings. The normalized spacial score (nSPS) is 11.2. The molecular formula is C15H23IN4S. The lowest BCUT2D eigenvalue weighted by molar-refractivity contribution is 0.839. The molecule has 2 rings (SSSR count). The molecule has 0 amide bonds. The summed E-state index contributed by atoms with van der Waals surface area (Å²) in [5.74, 6) is 1.96. The van der Waals surface area contributed by atoms with Crippen molar-refractivity contribution in [3.63, 3.8) is 0 Å². The highest BCUT2D eigenvalue weighted by atomic mass is 127. The average molecular weight is 418 g/mol. The Morgan fingerprint density at radius 3 is 2.81 bits per heavy atom. The summed E-state index contributed by atoms with van der Waals surface area (Å²) in [5, 5.41) is 7.83. The molecule has 1 heterocycles. The summed E-state index contributed by atoms with van der Waals surface area (Å²) < 4.78 is 0. The van der Waals surface area contributed by atoms with E-state index >= 15 is 0 Å². The Balaban J connectivity index is 0.00000220. The highest BCUT2D eigenvalue weighted by molar-refractivity contribution is 14.0. The number of fused-ring (bicyclic) bond motifs is 1. The highest BCUT2D eigenvalue weighted by Gasteiger charge is 2.00. The first-order valence-electron chi connectivity index (χ1n) is 6.91. The quantitative estimate of drug-likeness (QED) is 0.292. The summed E-state index contributed by atoms with van der Waals surface area (Å²) in [5.41, 5.74) is 2.30. The van der Waals surface area contributed by atoms with Crippen molar-refractivity contribution in [2.45, 2.75) is 13.5 Å². The fraction of sp³-hybridized carbons (Fsp3) is 0.400. The lowest BCUT2D eigenvalue weighted by Gasteiger charge is -2.10. The maximum Gasteiger partial charge on any atom is 0.191 e. The van der Waals surface area contributed by atoms with E-state index in [0.717, 1.165) is 36.0 Å². The molecule has 0 bridgehead atoms. The molecule has 4 nitrogen and oxygen atoms in total. The number of aliphatic imine (C=N–C) groups is 1. The van der Waals surface area contributed by atoms with Gasteiger partial charge in [-0.25, -0.2) is 4.99 Å². The minimum atomic E-state index is 0. The Bertz CT molecular complexity index is 535. The number of aromatic amines is 1. The van der Waals surface area contributed by atoms with Crippen molar-refractivity contribution >= 4 is 52.6 Å². The predicted octanol–water partition coefficient (Wildman–Crippen LogP) is 3.20. The van der Waals surface area contributed by atoms with Gasteiger partial charge in [-0.3, -0.25) is 0 Å². The first kappa shape index (κ1) is 18.2. The molecule has 0 unspecified atom stereocenters. The molecule has 6 heteroatoms. The van der Waals surface area contributed by atoms with Gasteiger partial charge in [0.2, 0.25) is 0 Å². The topological polar surface area (TPSA) is 52.2 Å². The van der Waals surface area contributed by atoms with Crippen molar-refractivity contribution in [3.8, 4) is 0 Å². The molecule has 0 saturated carbocycles. The monoisotopic (exact) mass is 418 g/mol. The second-order valence-electron chi connectivity index (χ2n) is 4.50. The van der Waals surface area contributed by atoms with Crippen molar-refractivity contribution < 1.29 is 0 Å². The minimum Gasteiger partial charge on any atom is -0.357 e.